The van der Waals surface area contributed by atoms with Crippen molar-refractivity contribution in [3.05, 3.63) is 66.0 Å². The van der Waals surface area contributed by atoms with E-state index in [-0.39, 0.29) is 11.7 Å². The van der Waals surface area contributed by atoms with Crippen molar-refractivity contribution in [1.82, 2.24) is 10.2 Å². The molecule has 5 nitrogen and oxygen atoms in total. The molecule has 26 heavy (non-hydrogen) atoms. The van der Waals surface area contributed by atoms with Gasteiger partial charge in [0, 0.05) is 25.2 Å². The first-order valence-electron chi connectivity index (χ1n) is 8.69. The molecule has 2 aromatic carbocycles. The number of urea groups is 1. The molecule has 138 valence electrons. The molecule has 0 heterocycles. The number of halogens is 1. The molecule has 0 saturated heterocycles. The SMILES string of the molecule is CCN(CC)C(=O)[C@H](Cc1ccccc1)NC(=O)Nc1ccc(F)cc1. The molecule has 0 aromatic heterocycles. The average Bonchev–Trinajstić information content (AvgIpc) is 2.65. The maximum absolute atomic E-state index is 13.0. The molecule has 0 radical (unpaired) electrons. The Morgan fingerprint density at radius 1 is 1.00 bits per heavy atom. The third-order valence-corrected chi connectivity index (χ3v) is 4.06. The first-order valence-corrected chi connectivity index (χ1v) is 8.69. The summed E-state index contributed by atoms with van der Waals surface area (Å²) in [7, 11) is 0. The number of rotatable bonds is 7. The summed E-state index contributed by atoms with van der Waals surface area (Å²) in [4.78, 5) is 26.8. The Hall–Kier alpha value is -2.89. The van der Waals surface area contributed by atoms with Gasteiger partial charge in [0.2, 0.25) is 5.91 Å². The van der Waals surface area contributed by atoms with Gasteiger partial charge in [-0.25, -0.2) is 9.18 Å². The number of carbonyl (C=O) groups excluding carboxylic acids is 2. The van der Waals surface area contributed by atoms with E-state index in [0.29, 0.717) is 25.2 Å². The van der Waals surface area contributed by atoms with Gasteiger partial charge in [0.15, 0.2) is 0 Å². The summed E-state index contributed by atoms with van der Waals surface area (Å²) >= 11 is 0. The third kappa shape index (κ3) is 5.58. The number of carbonyl (C=O) groups is 2. The summed E-state index contributed by atoms with van der Waals surface area (Å²) in [6.45, 7) is 4.95. The van der Waals surface area contributed by atoms with E-state index in [1.807, 2.05) is 44.2 Å². The fourth-order valence-electron chi connectivity index (χ4n) is 2.66. The van der Waals surface area contributed by atoms with Gasteiger partial charge < -0.3 is 15.5 Å². The van der Waals surface area contributed by atoms with Gasteiger partial charge in [-0.2, -0.15) is 0 Å². The zero-order valence-corrected chi connectivity index (χ0v) is 15.0. The van der Waals surface area contributed by atoms with Crippen LogP contribution in [0.25, 0.3) is 0 Å². The summed E-state index contributed by atoms with van der Waals surface area (Å²) < 4.78 is 13.0. The van der Waals surface area contributed by atoms with Crippen LogP contribution in [-0.4, -0.2) is 36.0 Å². The van der Waals surface area contributed by atoms with E-state index in [2.05, 4.69) is 10.6 Å². The van der Waals surface area contributed by atoms with Crippen molar-refractivity contribution in [2.24, 2.45) is 0 Å². The van der Waals surface area contributed by atoms with Gasteiger partial charge in [0.05, 0.1) is 0 Å². The minimum atomic E-state index is -0.683. The number of hydrogen-bond donors (Lipinski definition) is 2. The molecule has 0 aliphatic rings. The second-order valence-electron chi connectivity index (χ2n) is 5.86. The lowest BCUT2D eigenvalue weighted by Crippen LogP contribution is -2.50. The van der Waals surface area contributed by atoms with Gasteiger partial charge in [0.1, 0.15) is 11.9 Å². The van der Waals surface area contributed by atoms with Crippen molar-refractivity contribution >= 4 is 17.6 Å². The smallest absolute Gasteiger partial charge is 0.319 e. The van der Waals surface area contributed by atoms with E-state index in [1.165, 1.54) is 24.3 Å². The third-order valence-electron chi connectivity index (χ3n) is 4.06. The first kappa shape index (κ1) is 19.4. The highest BCUT2D eigenvalue weighted by Gasteiger charge is 2.24. The number of benzene rings is 2. The Morgan fingerprint density at radius 2 is 1.62 bits per heavy atom. The van der Waals surface area contributed by atoms with Gasteiger partial charge in [-0.05, 0) is 43.7 Å². The van der Waals surface area contributed by atoms with Crippen molar-refractivity contribution in [1.29, 1.82) is 0 Å². The lowest BCUT2D eigenvalue weighted by Gasteiger charge is -2.26. The van der Waals surface area contributed by atoms with Crippen LogP contribution in [0.4, 0.5) is 14.9 Å². The molecule has 3 amide bonds. The van der Waals surface area contributed by atoms with Gasteiger partial charge in [0.25, 0.3) is 0 Å². The molecule has 2 rings (SSSR count). The van der Waals surface area contributed by atoms with Crippen LogP contribution in [0.3, 0.4) is 0 Å². The van der Waals surface area contributed by atoms with E-state index in [0.717, 1.165) is 5.56 Å². The number of hydrogen-bond acceptors (Lipinski definition) is 2. The molecule has 0 aliphatic heterocycles. The average molecular weight is 357 g/mol. The zero-order chi connectivity index (χ0) is 18.9. The molecule has 1 atom stereocenters. The van der Waals surface area contributed by atoms with Gasteiger partial charge in [-0.3, -0.25) is 4.79 Å². The minimum Gasteiger partial charge on any atom is -0.341 e. The highest BCUT2D eigenvalue weighted by Crippen LogP contribution is 2.10. The normalized spacial score (nSPS) is 11.5. The lowest BCUT2D eigenvalue weighted by molar-refractivity contribution is -0.132. The Bertz CT molecular complexity index is 716. The zero-order valence-electron chi connectivity index (χ0n) is 15.0. The van der Waals surface area contributed by atoms with Crippen LogP contribution < -0.4 is 10.6 Å². The van der Waals surface area contributed by atoms with E-state index in [1.54, 1.807) is 4.90 Å². The van der Waals surface area contributed by atoms with Crippen LogP contribution in [0.2, 0.25) is 0 Å². The Labute approximate surface area is 153 Å². The molecule has 0 saturated carbocycles. The van der Waals surface area contributed by atoms with Gasteiger partial charge >= 0.3 is 6.03 Å². The fraction of sp³-hybridized carbons (Fsp3) is 0.300. The summed E-state index contributed by atoms with van der Waals surface area (Å²) in [6.07, 6.45) is 0.396. The van der Waals surface area contributed by atoms with Crippen molar-refractivity contribution in [3.63, 3.8) is 0 Å². The van der Waals surface area contributed by atoms with Crippen LogP contribution >= 0.6 is 0 Å². The largest absolute Gasteiger partial charge is 0.341 e. The standard InChI is InChI=1S/C20H24FN3O2/c1-3-24(4-2)19(25)18(14-15-8-6-5-7-9-15)23-20(26)22-17-12-10-16(21)11-13-17/h5-13,18H,3-4,14H2,1-2H3,(H2,22,23,26)/t18-/m0/s1. The highest BCUT2D eigenvalue weighted by molar-refractivity contribution is 5.93. The predicted octanol–water partition coefficient (Wildman–Crippen LogP) is 3.43. The molecule has 0 bridgehead atoms. The molecule has 2 N–H and O–H groups in total. The van der Waals surface area contributed by atoms with Crippen LogP contribution in [0.5, 0.6) is 0 Å². The van der Waals surface area contributed by atoms with Crippen LogP contribution in [0.15, 0.2) is 54.6 Å². The van der Waals surface area contributed by atoms with Gasteiger partial charge in [-0.15, -0.1) is 0 Å². The van der Waals surface area contributed by atoms with Crippen LogP contribution in [0.1, 0.15) is 19.4 Å². The molecular weight excluding hydrogens is 333 g/mol. The number of likely N-dealkylation sites (N-methyl/N-ethyl adjacent to an activating group) is 1. The van der Waals surface area contributed by atoms with E-state index in [4.69, 9.17) is 0 Å². The first-order chi connectivity index (χ1) is 12.5. The summed E-state index contributed by atoms with van der Waals surface area (Å²) in [5, 5.41) is 5.37. The lowest BCUT2D eigenvalue weighted by atomic mass is 10.0. The summed E-state index contributed by atoms with van der Waals surface area (Å²) in [5.41, 5.74) is 1.41. The van der Waals surface area contributed by atoms with E-state index >= 15 is 0 Å². The second kappa shape index (κ2) is 9.56. The number of amides is 3. The molecule has 2 aromatic rings. The van der Waals surface area contributed by atoms with Gasteiger partial charge in [-0.1, -0.05) is 30.3 Å². The number of nitrogens with one attached hydrogen (secondary N) is 2. The van der Waals surface area contributed by atoms with Crippen molar-refractivity contribution in [2.45, 2.75) is 26.3 Å². The summed E-state index contributed by atoms with van der Waals surface area (Å²) in [5.74, 6) is -0.511. The number of anilines is 1. The minimum absolute atomic E-state index is 0.131. The monoisotopic (exact) mass is 357 g/mol. The van der Waals surface area contributed by atoms with Crippen LogP contribution in [-0.2, 0) is 11.2 Å². The van der Waals surface area contributed by atoms with Crippen molar-refractivity contribution in [3.8, 4) is 0 Å². The Kier molecular flexibility index (Phi) is 7.14. The Balaban J connectivity index is 2.10. The molecule has 0 fully saturated rings. The second-order valence-corrected chi connectivity index (χ2v) is 5.86. The predicted molar refractivity (Wildman–Crippen MR) is 100 cm³/mol. The quantitative estimate of drug-likeness (QED) is 0.797. The fourth-order valence-corrected chi connectivity index (χ4v) is 2.66. The van der Waals surface area contributed by atoms with Crippen molar-refractivity contribution in [2.75, 3.05) is 18.4 Å². The van der Waals surface area contributed by atoms with Crippen LogP contribution in [0, 0.1) is 5.82 Å². The molecule has 6 heteroatoms. The maximum Gasteiger partial charge on any atom is 0.319 e. The number of nitrogens with zero attached hydrogens (tertiary/aromatic N) is 1. The van der Waals surface area contributed by atoms with Crippen molar-refractivity contribution < 1.29 is 14.0 Å². The molecular formula is C20H24FN3O2. The topological polar surface area (TPSA) is 61.4 Å². The molecule has 0 unspecified atom stereocenters. The molecule has 0 spiro atoms. The van der Waals surface area contributed by atoms with E-state index in [9.17, 15) is 14.0 Å². The Morgan fingerprint density at radius 3 is 2.19 bits per heavy atom. The summed E-state index contributed by atoms with van der Waals surface area (Å²) in [6, 6.07) is 13.8. The maximum atomic E-state index is 13.0. The molecule has 0 aliphatic carbocycles. The van der Waals surface area contributed by atoms with E-state index < -0.39 is 12.1 Å². The highest BCUT2D eigenvalue weighted by atomic mass is 19.1.